The molecule has 3 nitrogen and oxygen atoms in total. The molecule has 1 atom stereocenters. The van der Waals surface area contributed by atoms with E-state index in [4.69, 9.17) is 9.68 Å². The van der Waals surface area contributed by atoms with Gasteiger partial charge >= 0.3 is 0 Å². The summed E-state index contributed by atoms with van der Waals surface area (Å²) >= 11 is 3.07. The Morgan fingerprint density at radius 2 is 2.22 bits per heavy atom. The second-order valence-corrected chi connectivity index (χ2v) is 4.57. The van der Waals surface area contributed by atoms with E-state index in [1.165, 1.54) is 6.07 Å². The van der Waals surface area contributed by atoms with Crippen molar-refractivity contribution in [1.82, 2.24) is 0 Å². The largest absolute Gasteiger partial charge is 0.467 e. The van der Waals surface area contributed by atoms with Crippen LogP contribution in [-0.4, -0.2) is 0 Å². The lowest BCUT2D eigenvalue weighted by molar-refractivity contribution is 0.489. The minimum absolute atomic E-state index is 0.158. The Bertz CT molecular complexity index is 590. The Morgan fingerprint density at radius 3 is 2.83 bits per heavy atom. The quantitative estimate of drug-likeness (QED) is 0.923. The van der Waals surface area contributed by atoms with Gasteiger partial charge in [-0.3, -0.25) is 0 Å². The van der Waals surface area contributed by atoms with Gasteiger partial charge in [0.2, 0.25) is 0 Å². The van der Waals surface area contributed by atoms with Crippen molar-refractivity contribution >= 4 is 21.6 Å². The van der Waals surface area contributed by atoms with Gasteiger partial charge < -0.3 is 9.73 Å². The number of halogens is 2. The Balaban J connectivity index is 2.26. The van der Waals surface area contributed by atoms with Gasteiger partial charge in [0.15, 0.2) is 5.82 Å². The van der Waals surface area contributed by atoms with Gasteiger partial charge in [-0.2, -0.15) is 5.26 Å². The lowest BCUT2D eigenvalue weighted by Gasteiger charge is -2.14. The van der Waals surface area contributed by atoms with Crippen molar-refractivity contribution in [2.75, 3.05) is 5.32 Å². The zero-order valence-corrected chi connectivity index (χ0v) is 11.2. The normalized spacial score (nSPS) is 11.9. The summed E-state index contributed by atoms with van der Waals surface area (Å²) in [5, 5.41) is 11.8. The van der Waals surface area contributed by atoms with Crippen molar-refractivity contribution in [3.05, 3.63) is 52.1 Å². The van der Waals surface area contributed by atoms with Crippen LogP contribution in [0.5, 0.6) is 0 Å². The van der Waals surface area contributed by atoms with Crippen molar-refractivity contribution in [2.24, 2.45) is 0 Å². The van der Waals surface area contributed by atoms with E-state index in [-0.39, 0.29) is 16.1 Å². The second-order valence-electron chi connectivity index (χ2n) is 3.78. The first kappa shape index (κ1) is 12.7. The first-order valence-electron chi connectivity index (χ1n) is 5.31. The maximum Gasteiger partial charge on any atom is 0.161 e. The van der Waals surface area contributed by atoms with Crippen LogP contribution in [0.3, 0.4) is 0 Å². The Hall–Kier alpha value is -1.80. The smallest absolute Gasteiger partial charge is 0.161 e. The topological polar surface area (TPSA) is 49.0 Å². The van der Waals surface area contributed by atoms with Crippen LogP contribution in [0.25, 0.3) is 0 Å². The van der Waals surface area contributed by atoms with Gasteiger partial charge in [-0.15, -0.1) is 0 Å². The maximum absolute atomic E-state index is 14.0. The summed E-state index contributed by atoms with van der Waals surface area (Å²) in [6.45, 7) is 1.87. The minimum atomic E-state index is -0.479. The fraction of sp³-hybridized carbons (Fsp3) is 0.154. The number of nitrogens with one attached hydrogen (secondary N) is 1. The van der Waals surface area contributed by atoms with Gasteiger partial charge in [-0.05, 0) is 47.1 Å². The molecule has 1 N–H and O–H groups in total. The summed E-state index contributed by atoms with van der Waals surface area (Å²) in [5.41, 5.74) is 0.591. The van der Waals surface area contributed by atoms with Crippen LogP contribution in [0, 0.1) is 17.1 Å². The van der Waals surface area contributed by atoms with Crippen molar-refractivity contribution in [3.63, 3.8) is 0 Å². The van der Waals surface area contributed by atoms with E-state index < -0.39 is 5.82 Å². The lowest BCUT2D eigenvalue weighted by Crippen LogP contribution is -2.07. The van der Waals surface area contributed by atoms with E-state index in [0.717, 1.165) is 5.76 Å². The third kappa shape index (κ3) is 2.39. The highest BCUT2D eigenvalue weighted by Gasteiger charge is 2.14. The summed E-state index contributed by atoms with van der Waals surface area (Å²) in [6, 6.07) is 8.44. The fourth-order valence-corrected chi connectivity index (χ4v) is 2.02. The molecule has 0 spiro atoms. The Morgan fingerprint density at radius 1 is 1.44 bits per heavy atom. The zero-order valence-electron chi connectivity index (χ0n) is 9.58. The summed E-state index contributed by atoms with van der Waals surface area (Å²) in [6.07, 6.45) is 1.57. The van der Waals surface area contributed by atoms with Gasteiger partial charge in [-0.25, -0.2) is 4.39 Å². The molecular formula is C13H10BrFN2O. The molecule has 0 aliphatic heterocycles. The molecule has 2 aromatic rings. The molecular weight excluding hydrogens is 299 g/mol. The van der Waals surface area contributed by atoms with Crippen LogP contribution in [0.2, 0.25) is 0 Å². The molecule has 0 amide bonds. The minimum Gasteiger partial charge on any atom is -0.467 e. The van der Waals surface area contributed by atoms with E-state index in [1.54, 1.807) is 18.4 Å². The van der Waals surface area contributed by atoms with Gasteiger partial charge in [0.25, 0.3) is 0 Å². The highest BCUT2D eigenvalue weighted by molar-refractivity contribution is 9.10. The van der Waals surface area contributed by atoms with E-state index in [0.29, 0.717) is 5.69 Å². The lowest BCUT2D eigenvalue weighted by atomic mass is 10.2. The molecule has 0 radical (unpaired) electrons. The van der Waals surface area contributed by atoms with Crippen LogP contribution in [-0.2, 0) is 0 Å². The molecule has 1 aromatic carbocycles. The van der Waals surface area contributed by atoms with Crippen LogP contribution in [0.1, 0.15) is 24.3 Å². The summed E-state index contributed by atoms with van der Waals surface area (Å²) in [7, 11) is 0. The maximum atomic E-state index is 14.0. The zero-order chi connectivity index (χ0) is 13.1. The highest BCUT2D eigenvalue weighted by Crippen LogP contribution is 2.29. The van der Waals surface area contributed by atoms with Crippen molar-refractivity contribution in [3.8, 4) is 6.07 Å². The third-order valence-corrected chi connectivity index (χ3v) is 3.32. The van der Waals surface area contributed by atoms with Crippen LogP contribution in [0.15, 0.2) is 39.4 Å². The SMILES string of the molecule is CC(Nc1ccc(C#N)c(Br)c1F)c1ccco1. The summed E-state index contributed by atoms with van der Waals surface area (Å²) in [4.78, 5) is 0. The molecule has 1 heterocycles. The van der Waals surface area contributed by atoms with Crippen LogP contribution < -0.4 is 5.32 Å². The van der Waals surface area contributed by atoms with E-state index in [2.05, 4.69) is 21.2 Å². The molecule has 1 unspecified atom stereocenters. The Labute approximate surface area is 112 Å². The average molecular weight is 309 g/mol. The van der Waals surface area contributed by atoms with E-state index in [1.807, 2.05) is 19.1 Å². The van der Waals surface area contributed by atoms with Crippen molar-refractivity contribution < 1.29 is 8.81 Å². The number of hydrogen-bond donors (Lipinski definition) is 1. The first-order valence-corrected chi connectivity index (χ1v) is 6.11. The van der Waals surface area contributed by atoms with Crippen LogP contribution >= 0.6 is 15.9 Å². The molecule has 0 bridgehead atoms. The Kier molecular flexibility index (Phi) is 3.68. The van der Waals surface area contributed by atoms with Gasteiger partial charge in [0.05, 0.1) is 28.0 Å². The molecule has 5 heteroatoms. The number of anilines is 1. The molecule has 0 aliphatic carbocycles. The number of hydrogen-bond acceptors (Lipinski definition) is 3. The summed E-state index contributed by atoms with van der Waals surface area (Å²) in [5.74, 6) is 0.238. The molecule has 0 fully saturated rings. The molecule has 0 aliphatic rings. The molecule has 0 saturated heterocycles. The third-order valence-electron chi connectivity index (χ3n) is 2.54. The molecule has 92 valence electrons. The van der Waals surface area contributed by atoms with Crippen molar-refractivity contribution in [2.45, 2.75) is 13.0 Å². The van der Waals surface area contributed by atoms with E-state index >= 15 is 0 Å². The number of benzene rings is 1. The standard InChI is InChI=1S/C13H10BrFN2O/c1-8(11-3-2-6-18-11)17-10-5-4-9(7-16)12(14)13(10)15/h2-6,8,17H,1H3. The molecule has 1 aromatic heterocycles. The molecule has 2 rings (SSSR count). The first-order chi connectivity index (χ1) is 8.63. The predicted molar refractivity (Wildman–Crippen MR) is 69.6 cm³/mol. The number of rotatable bonds is 3. The van der Waals surface area contributed by atoms with Gasteiger partial charge in [0.1, 0.15) is 11.8 Å². The van der Waals surface area contributed by atoms with E-state index in [9.17, 15) is 4.39 Å². The van der Waals surface area contributed by atoms with Crippen molar-refractivity contribution in [1.29, 1.82) is 5.26 Å². The number of nitriles is 1. The predicted octanol–water partition coefficient (Wildman–Crippen LogP) is 4.23. The van der Waals surface area contributed by atoms with Crippen LogP contribution in [0.4, 0.5) is 10.1 Å². The van der Waals surface area contributed by atoms with Gasteiger partial charge in [0, 0.05) is 0 Å². The fourth-order valence-electron chi connectivity index (χ4n) is 1.59. The molecule has 18 heavy (non-hydrogen) atoms. The number of furan rings is 1. The monoisotopic (exact) mass is 308 g/mol. The second kappa shape index (κ2) is 5.23. The summed E-state index contributed by atoms with van der Waals surface area (Å²) < 4.78 is 19.4. The molecule has 0 saturated carbocycles. The highest BCUT2D eigenvalue weighted by atomic mass is 79.9. The average Bonchev–Trinajstić information content (AvgIpc) is 2.89. The number of nitrogens with zero attached hydrogens (tertiary/aromatic N) is 1. The van der Waals surface area contributed by atoms with Gasteiger partial charge in [-0.1, -0.05) is 0 Å².